The molecule has 0 spiro atoms. The SMILES string of the molecule is Cc1cc(N2CCN(c3ccccn3)CC2)nc(NN)n1. The third-order valence-corrected chi connectivity index (χ3v) is 3.55. The van der Waals surface area contributed by atoms with Gasteiger partial charge in [0.1, 0.15) is 11.6 Å². The third kappa shape index (κ3) is 3.03. The number of nitrogens with two attached hydrogens (primary N) is 1. The van der Waals surface area contributed by atoms with Crippen LogP contribution in [0.2, 0.25) is 0 Å². The van der Waals surface area contributed by atoms with E-state index in [0.717, 1.165) is 43.5 Å². The standard InChI is InChI=1S/C14H19N7/c1-11-10-13(18-14(17-11)19-15)21-8-6-20(7-9-21)12-4-2-3-5-16-12/h2-5,10H,6-9,15H2,1H3,(H,17,18,19). The van der Waals surface area contributed by atoms with E-state index in [2.05, 4.69) is 30.2 Å². The van der Waals surface area contributed by atoms with Gasteiger partial charge >= 0.3 is 0 Å². The molecule has 3 N–H and O–H groups in total. The zero-order valence-electron chi connectivity index (χ0n) is 12.0. The van der Waals surface area contributed by atoms with Gasteiger partial charge in [-0.05, 0) is 19.1 Å². The van der Waals surface area contributed by atoms with Crippen LogP contribution in [0.25, 0.3) is 0 Å². The Morgan fingerprint density at radius 3 is 2.38 bits per heavy atom. The molecule has 7 nitrogen and oxygen atoms in total. The first-order chi connectivity index (χ1) is 10.3. The minimum absolute atomic E-state index is 0.456. The molecule has 0 saturated carbocycles. The zero-order chi connectivity index (χ0) is 14.7. The molecular formula is C14H19N7. The summed E-state index contributed by atoms with van der Waals surface area (Å²) in [6, 6.07) is 7.98. The molecule has 2 aromatic rings. The second-order valence-corrected chi connectivity index (χ2v) is 5.00. The van der Waals surface area contributed by atoms with E-state index in [1.54, 1.807) is 0 Å². The first-order valence-corrected chi connectivity index (χ1v) is 6.99. The molecule has 3 rings (SSSR count). The average Bonchev–Trinajstić information content (AvgIpc) is 2.55. The number of anilines is 3. The molecule has 3 heterocycles. The Morgan fingerprint density at radius 2 is 1.76 bits per heavy atom. The highest BCUT2D eigenvalue weighted by Crippen LogP contribution is 2.18. The lowest BCUT2D eigenvalue weighted by Gasteiger charge is -2.36. The minimum atomic E-state index is 0.456. The van der Waals surface area contributed by atoms with E-state index in [1.807, 2.05) is 37.4 Å². The molecule has 0 radical (unpaired) electrons. The van der Waals surface area contributed by atoms with E-state index in [0.29, 0.717) is 5.95 Å². The Hall–Kier alpha value is -2.41. The molecule has 2 aromatic heterocycles. The van der Waals surface area contributed by atoms with Gasteiger partial charge in [-0.25, -0.2) is 15.8 Å². The molecule has 0 unspecified atom stereocenters. The highest BCUT2D eigenvalue weighted by Gasteiger charge is 2.19. The first kappa shape index (κ1) is 13.6. The second kappa shape index (κ2) is 5.92. The molecule has 7 heteroatoms. The number of rotatable bonds is 3. The van der Waals surface area contributed by atoms with Crippen molar-refractivity contribution in [2.75, 3.05) is 41.4 Å². The van der Waals surface area contributed by atoms with Gasteiger partial charge in [-0.15, -0.1) is 0 Å². The van der Waals surface area contributed by atoms with Crippen LogP contribution in [0.1, 0.15) is 5.69 Å². The molecule has 0 bridgehead atoms. The van der Waals surface area contributed by atoms with Crippen LogP contribution < -0.4 is 21.1 Å². The lowest BCUT2D eigenvalue weighted by Crippen LogP contribution is -2.47. The summed E-state index contributed by atoms with van der Waals surface area (Å²) < 4.78 is 0. The van der Waals surface area contributed by atoms with Crippen LogP contribution in [-0.4, -0.2) is 41.1 Å². The number of piperazine rings is 1. The molecule has 1 aliphatic rings. The lowest BCUT2D eigenvalue weighted by molar-refractivity contribution is 0.641. The summed E-state index contributed by atoms with van der Waals surface area (Å²) >= 11 is 0. The van der Waals surface area contributed by atoms with Crippen LogP contribution in [0.4, 0.5) is 17.6 Å². The van der Waals surface area contributed by atoms with Crippen molar-refractivity contribution in [2.24, 2.45) is 5.84 Å². The Morgan fingerprint density at radius 1 is 1.05 bits per heavy atom. The van der Waals surface area contributed by atoms with E-state index in [4.69, 9.17) is 5.84 Å². The number of hydrogen-bond acceptors (Lipinski definition) is 7. The van der Waals surface area contributed by atoms with Crippen LogP contribution in [-0.2, 0) is 0 Å². The van der Waals surface area contributed by atoms with E-state index < -0.39 is 0 Å². The van der Waals surface area contributed by atoms with Crippen LogP contribution >= 0.6 is 0 Å². The average molecular weight is 285 g/mol. The van der Waals surface area contributed by atoms with Crippen LogP contribution in [0.3, 0.4) is 0 Å². The maximum atomic E-state index is 5.41. The van der Waals surface area contributed by atoms with E-state index in [-0.39, 0.29) is 0 Å². The van der Waals surface area contributed by atoms with Crippen molar-refractivity contribution in [1.82, 2.24) is 15.0 Å². The van der Waals surface area contributed by atoms with Gasteiger partial charge in [-0.2, -0.15) is 4.98 Å². The summed E-state index contributed by atoms with van der Waals surface area (Å²) in [6.45, 7) is 5.58. The smallest absolute Gasteiger partial charge is 0.239 e. The predicted octanol–water partition coefficient (Wildman–Crippen LogP) is 0.792. The molecule has 21 heavy (non-hydrogen) atoms. The maximum absolute atomic E-state index is 5.41. The number of nitrogens with zero attached hydrogens (tertiary/aromatic N) is 5. The largest absolute Gasteiger partial charge is 0.353 e. The molecule has 110 valence electrons. The highest BCUT2D eigenvalue weighted by atomic mass is 15.3. The highest BCUT2D eigenvalue weighted by molar-refractivity contribution is 5.47. The van der Waals surface area contributed by atoms with Gasteiger partial charge < -0.3 is 9.80 Å². The van der Waals surface area contributed by atoms with Crippen molar-refractivity contribution in [3.05, 3.63) is 36.2 Å². The molecule has 0 atom stereocenters. The molecule has 0 aliphatic carbocycles. The van der Waals surface area contributed by atoms with Gasteiger partial charge in [0.25, 0.3) is 0 Å². The van der Waals surface area contributed by atoms with Crippen molar-refractivity contribution in [3.8, 4) is 0 Å². The number of pyridine rings is 1. The zero-order valence-corrected chi connectivity index (χ0v) is 12.0. The summed E-state index contributed by atoms with van der Waals surface area (Å²) in [5.41, 5.74) is 3.42. The van der Waals surface area contributed by atoms with Crippen molar-refractivity contribution in [3.63, 3.8) is 0 Å². The van der Waals surface area contributed by atoms with Crippen LogP contribution in [0.5, 0.6) is 0 Å². The topological polar surface area (TPSA) is 83.2 Å². The fourth-order valence-electron chi connectivity index (χ4n) is 2.48. The summed E-state index contributed by atoms with van der Waals surface area (Å²) in [5, 5.41) is 0. The molecule has 0 aromatic carbocycles. The molecule has 0 amide bonds. The fraction of sp³-hybridized carbons (Fsp3) is 0.357. The van der Waals surface area contributed by atoms with Gasteiger partial charge in [0.05, 0.1) is 0 Å². The number of nitrogen functional groups attached to an aromatic ring is 1. The Balaban J connectivity index is 1.70. The van der Waals surface area contributed by atoms with Crippen molar-refractivity contribution in [2.45, 2.75) is 6.92 Å². The monoisotopic (exact) mass is 285 g/mol. The van der Waals surface area contributed by atoms with Crippen molar-refractivity contribution < 1.29 is 0 Å². The molecule has 1 aliphatic heterocycles. The summed E-state index contributed by atoms with van der Waals surface area (Å²) in [5.74, 6) is 7.80. The van der Waals surface area contributed by atoms with Gasteiger partial charge in [-0.3, -0.25) is 5.43 Å². The minimum Gasteiger partial charge on any atom is -0.353 e. The number of nitrogens with one attached hydrogen (secondary N) is 1. The Kier molecular flexibility index (Phi) is 3.83. The molecule has 1 fully saturated rings. The number of aromatic nitrogens is 3. The third-order valence-electron chi connectivity index (χ3n) is 3.55. The van der Waals surface area contributed by atoms with Crippen LogP contribution in [0.15, 0.2) is 30.5 Å². The van der Waals surface area contributed by atoms with E-state index >= 15 is 0 Å². The lowest BCUT2D eigenvalue weighted by atomic mass is 10.3. The summed E-state index contributed by atoms with van der Waals surface area (Å²) in [6.07, 6.45) is 1.83. The Bertz CT molecular complexity index is 594. The van der Waals surface area contributed by atoms with Gasteiger partial charge in [0.2, 0.25) is 5.95 Å². The predicted molar refractivity (Wildman–Crippen MR) is 83.2 cm³/mol. The summed E-state index contributed by atoms with van der Waals surface area (Å²) in [4.78, 5) is 17.6. The second-order valence-electron chi connectivity index (χ2n) is 5.00. The number of aryl methyl sites for hydroxylation is 1. The maximum Gasteiger partial charge on any atom is 0.239 e. The van der Waals surface area contributed by atoms with Gasteiger partial charge in [-0.1, -0.05) is 6.07 Å². The van der Waals surface area contributed by atoms with E-state index in [9.17, 15) is 0 Å². The number of hydrazine groups is 1. The first-order valence-electron chi connectivity index (χ1n) is 6.99. The molecular weight excluding hydrogens is 266 g/mol. The van der Waals surface area contributed by atoms with Crippen molar-refractivity contribution >= 4 is 17.6 Å². The fourth-order valence-corrected chi connectivity index (χ4v) is 2.48. The van der Waals surface area contributed by atoms with Gasteiger partial charge in [0.15, 0.2) is 0 Å². The molecule has 1 saturated heterocycles. The van der Waals surface area contributed by atoms with Crippen molar-refractivity contribution in [1.29, 1.82) is 0 Å². The normalized spacial score (nSPS) is 15.1. The quantitative estimate of drug-likeness (QED) is 0.637. The number of hydrogen-bond donors (Lipinski definition) is 2. The Labute approximate surface area is 123 Å². The van der Waals surface area contributed by atoms with Crippen LogP contribution in [0, 0.1) is 6.92 Å². The summed E-state index contributed by atoms with van der Waals surface area (Å²) in [7, 11) is 0. The van der Waals surface area contributed by atoms with Gasteiger partial charge in [0, 0.05) is 44.1 Å². The van der Waals surface area contributed by atoms with E-state index in [1.165, 1.54) is 0 Å².